The summed E-state index contributed by atoms with van der Waals surface area (Å²) in [6, 6.07) is -3.77. The Morgan fingerprint density at radius 3 is 1.91 bits per heavy atom. The number of hydrogen-bond donors (Lipinski definition) is 11. The number of hydrogen-bond acceptors (Lipinski definition) is 17. The topological polar surface area (TPSA) is 299 Å². The van der Waals surface area contributed by atoms with Crippen LogP contribution in [0, 0.1) is 5.41 Å². The minimum atomic E-state index is -1.56. The molecule has 66 heavy (non-hydrogen) atoms. The zero-order valence-electron chi connectivity index (χ0n) is 41.8. The Hall–Kier alpha value is -2.08. The molecule has 19 heteroatoms. The normalized spacial score (nSPS) is 36.7. The number of aliphatic hydroxyl groups excluding tert-OH is 6. The van der Waals surface area contributed by atoms with Crippen molar-refractivity contribution in [1.29, 1.82) is 0 Å². The summed E-state index contributed by atoms with van der Waals surface area (Å²) in [5.41, 5.74) is 7.80. The molecule has 4 rings (SSSR count). The van der Waals surface area contributed by atoms with Crippen LogP contribution in [0.25, 0.3) is 0 Å². The molecule has 0 spiro atoms. The molecular weight excluding hydrogens is 859 g/mol. The second-order valence-electron chi connectivity index (χ2n) is 21.3. The number of aliphatic hydroxyl groups is 6. The third kappa shape index (κ3) is 11.7. The summed E-state index contributed by atoms with van der Waals surface area (Å²) in [4.78, 5) is 26.4. The number of fused-ring (bicyclic) bond motifs is 1. The molecule has 16 atom stereocenters. The molecule has 19 nitrogen and oxygen atoms in total. The molecule has 0 aromatic rings. The number of carbonyl (C=O) groups is 2. The molecule has 4 saturated heterocycles. The van der Waals surface area contributed by atoms with Gasteiger partial charge in [0.05, 0.1) is 72.5 Å². The molecule has 13 N–H and O–H groups in total. The van der Waals surface area contributed by atoms with Gasteiger partial charge in [-0.05, 0) is 92.5 Å². The van der Waals surface area contributed by atoms with Crippen molar-refractivity contribution in [2.24, 2.45) is 16.9 Å². The van der Waals surface area contributed by atoms with Crippen LogP contribution in [0.3, 0.4) is 0 Å². The Labute approximate surface area is 392 Å². The van der Waals surface area contributed by atoms with Gasteiger partial charge in [-0.25, -0.2) is 0 Å². The van der Waals surface area contributed by atoms with Gasteiger partial charge in [0.1, 0.15) is 66.7 Å². The second-order valence-corrected chi connectivity index (χ2v) is 21.3. The zero-order valence-corrected chi connectivity index (χ0v) is 41.8. The lowest BCUT2D eigenvalue weighted by molar-refractivity contribution is -0.313. The summed E-state index contributed by atoms with van der Waals surface area (Å²) in [6.07, 6.45) is -8.57. The molecule has 4 fully saturated rings. The molecular formula is C47H87N5O14. The fourth-order valence-electron chi connectivity index (χ4n) is 9.95. The van der Waals surface area contributed by atoms with E-state index in [4.69, 9.17) is 39.9 Å². The van der Waals surface area contributed by atoms with Crippen molar-refractivity contribution in [1.82, 2.24) is 16.0 Å². The predicted octanol–water partition coefficient (Wildman–Crippen LogP) is 0.158. The van der Waals surface area contributed by atoms with E-state index >= 15 is 0 Å². The van der Waals surface area contributed by atoms with Gasteiger partial charge in [0.25, 0.3) is 0 Å². The Bertz CT molecular complexity index is 1650. The van der Waals surface area contributed by atoms with Gasteiger partial charge < -0.3 is 81.2 Å². The van der Waals surface area contributed by atoms with Crippen LogP contribution in [0.5, 0.6) is 0 Å². The maximum atomic E-state index is 13.9. The van der Waals surface area contributed by atoms with Crippen LogP contribution in [0.15, 0.2) is 11.3 Å². The zero-order chi connectivity index (χ0) is 49.9. The van der Waals surface area contributed by atoms with E-state index in [9.17, 15) is 40.2 Å². The minimum Gasteiger partial charge on any atom is -0.487 e. The average molecular weight is 946 g/mol. The molecule has 0 saturated carbocycles. The first-order valence-corrected chi connectivity index (χ1v) is 24.1. The van der Waals surface area contributed by atoms with E-state index in [1.165, 1.54) is 6.92 Å². The summed E-state index contributed by atoms with van der Waals surface area (Å²) in [5, 5.41) is 77.4. The third-order valence-electron chi connectivity index (χ3n) is 15.1. The minimum absolute atomic E-state index is 0.0861. The molecule has 4 heterocycles. The van der Waals surface area contributed by atoms with Crippen molar-refractivity contribution in [2.45, 2.75) is 242 Å². The van der Waals surface area contributed by atoms with E-state index < -0.39 is 145 Å². The van der Waals surface area contributed by atoms with Crippen molar-refractivity contribution in [3.8, 4) is 0 Å². The highest BCUT2D eigenvalue weighted by Crippen LogP contribution is 2.47. The first kappa shape index (κ1) is 56.5. The summed E-state index contributed by atoms with van der Waals surface area (Å²) in [6.45, 7) is 22.6. The maximum absolute atomic E-state index is 13.9. The number of rotatable bonds is 22. The van der Waals surface area contributed by atoms with Gasteiger partial charge in [0.15, 0.2) is 0 Å². The Morgan fingerprint density at radius 2 is 1.38 bits per heavy atom. The first-order chi connectivity index (χ1) is 30.7. The van der Waals surface area contributed by atoms with E-state index in [-0.39, 0.29) is 18.1 Å². The van der Waals surface area contributed by atoms with Gasteiger partial charge in [0.2, 0.25) is 11.8 Å². The van der Waals surface area contributed by atoms with Crippen LogP contribution < -0.4 is 27.4 Å². The number of nitrogens with two attached hydrogens (primary N) is 2. The van der Waals surface area contributed by atoms with Crippen LogP contribution >= 0.6 is 0 Å². The fourth-order valence-corrected chi connectivity index (χ4v) is 9.95. The molecule has 384 valence electrons. The quantitative estimate of drug-likeness (QED) is 0.0645. The van der Waals surface area contributed by atoms with Crippen molar-refractivity contribution in [3.05, 3.63) is 11.3 Å². The predicted molar refractivity (Wildman–Crippen MR) is 246 cm³/mol. The van der Waals surface area contributed by atoms with Crippen LogP contribution in [-0.2, 0) is 38.0 Å². The highest BCUT2D eigenvalue weighted by atomic mass is 16.6. The number of amides is 2. The Balaban J connectivity index is 1.73. The molecule has 0 aliphatic carbocycles. The van der Waals surface area contributed by atoms with Crippen LogP contribution in [0.4, 0.5) is 0 Å². The van der Waals surface area contributed by atoms with Gasteiger partial charge in [-0.1, -0.05) is 41.0 Å². The standard InChI is InChI=1S/C47H87N5O14/c1-14-25(45(9,10)65-38-29(23-55)62-40(43(5,6)15-2)31(34(38)58)50-24(4)56)36-30(51-42(60)26(49)19-17-18-20-48)33(57)39(27(21-53)61-36)66-46(11,12)47(13)41-32(52-47)35(59)37(28(22-54)63-41)64-44(7,8)16-3/h26-35,37-41,52-55,57-59H,14-23,48-49H2,1-13H3,(H,50,56)(H,51,60)/b36-25-/t26-,27?,28?,29?,30?,31?,32?,33?,34?,35?,37?,38?,39?,40?,41?,47?/m0/s1. The molecule has 0 aromatic heterocycles. The number of ether oxygens (including phenoxy) is 6. The van der Waals surface area contributed by atoms with Crippen LogP contribution in [0.2, 0.25) is 0 Å². The molecule has 0 radical (unpaired) electrons. The Kier molecular flexibility index (Phi) is 19.1. The molecule has 4 aliphatic heterocycles. The SMILES string of the molecule is CC/C(=C1/OC(CO)C(OC(C)(C)C2(C)NC3C(O)C(OC(C)(C)CC)C(CO)OC32)C(O)C1NC(=O)[C@@H](N)CCCCN)C(C)(C)OC1C(CO)OC(C(C)(C)CC)C(NC(C)=O)C1O. The summed E-state index contributed by atoms with van der Waals surface area (Å²) in [7, 11) is 0. The van der Waals surface area contributed by atoms with Crippen LogP contribution in [0.1, 0.15) is 129 Å². The molecule has 4 aliphatic rings. The van der Waals surface area contributed by atoms with Gasteiger partial charge in [-0.3, -0.25) is 14.9 Å². The van der Waals surface area contributed by atoms with Crippen LogP contribution in [-0.4, -0.2) is 182 Å². The average Bonchev–Trinajstić information content (AvgIpc) is 3.24. The second kappa shape index (κ2) is 22.3. The van der Waals surface area contributed by atoms with Gasteiger partial charge in [0, 0.05) is 12.5 Å². The van der Waals surface area contributed by atoms with Crippen molar-refractivity contribution < 1.29 is 68.6 Å². The Morgan fingerprint density at radius 1 is 0.803 bits per heavy atom. The maximum Gasteiger partial charge on any atom is 0.237 e. The fraction of sp³-hybridized carbons (Fsp3) is 0.915. The van der Waals surface area contributed by atoms with Crippen molar-refractivity contribution >= 4 is 11.8 Å². The molecule has 2 amide bonds. The summed E-state index contributed by atoms with van der Waals surface area (Å²) >= 11 is 0. The molecule has 0 aromatic carbocycles. The van der Waals surface area contributed by atoms with E-state index in [0.29, 0.717) is 44.2 Å². The third-order valence-corrected chi connectivity index (χ3v) is 15.1. The lowest BCUT2D eigenvalue weighted by atomic mass is 9.65. The number of nitrogens with one attached hydrogen (secondary N) is 3. The first-order valence-electron chi connectivity index (χ1n) is 24.1. The van der Waals surface area contributed by atoms with E-state index in [0.717, 1.165) is 0 Å². The van der Waals surface area contributed by atoms with E-state index in [2.05, 4.69) is 16.0 Å². The number of carbonyl (C=O) groups excluding carboxylic acids is 2. The van der Waals surface area contributed by atoms with Crippen molar-refractivity contribution in [2.75, 3.05) is 26.4 Å². The number of unbranched alkanes of at least 4 members (excludes halogenated alkanes) is 1. The lowest BCUT2D eigenvalue weighted by Gasteiger charge is -2.65. The molecule has 0 bridgehead atoms. The monoisotopic (exact) mass is 946 g/mol. The van der Waals surface area contributed by atoms with Crippen molar-refractivity contribution in [3.63, 3.8) is 0 Å². The van der Waals surface area contributed by atoms with E-state index in [1.807, 2.05) is 55.4 Å². The smallest absolute Gasteiger partial charge is 0.237 e. The van der Waals surface area contributed by atoms with Gasteiger partial charge in [-0.2, -0.15) is 0 Å². The van der Waals surface area contributed by atoms with Gasteiger partial charge in [-0.15, -0.1) is 0 Å². The summed E-state index contributed by atoms with van der Waals surface area (Å²) in [5.74, 6) is -0.877. The van der Waals surface area contributed by atoms with E-state index in [1.54, 1.807) is 27.7 Å². The largest absolute Gasteiger partial charge is 0.487 e. The summed E-state index contributed by atoms with van der Waals surface area (Å²) < 4.78 is 39.4. The molecule has 15 unspecified atom stereocenters. The van der Waals surface area contributed by atoms with Gasteiger partial charge >= 0.3 is 0 Å². The highest BCUT2D eigenvalue weighted by Gasteiger charge is 2.67. The highest BCUT2D eigenvalue weighted by molar-refractivity contribution is 5.82. The lowest BCUT2D eigenvalue weighted by Crippen LogP contribution is -2.88.